The first-order chi connectivity index (χ1) is 11.6. The van der Waals surface area contributed by atoms with Gasteiger partial charge in [-0.05, 0) is 13.0 Å². The number of nitrogens with one attached hydrogen (secondary N) is 2. The number of nitrogens with zero attached hydrogens (tertiary/aromatic N) is 3. The fourth-order valence-electron chi connectivity index (χ4n) is 1.89. The fraction of sp³-hybridized carbons (Fsp3) is 0.200. The van der Waals surface area contributed by atoms with Crippen LogP contribution in [0.5, 0.6) is 5.88 Å². The molecule has 0 radical (unpaired) electrons. The minimum Gasteiger partial charge on any atom is -0.481 e. The molecule has 7 nitrogen and oxygen atoms in total. The van der Waals surface area contributed by atoms with E-state index < -0.39 is 0 Å². The molecule has 0 bridgehead atoms. The molecule has 1 amide bonds. The number of carbonyl (C=O) groups is 1. The number of anilines is 3. The Hall–Kier alpha value is -2.52. The van der Waals surface area contributed by atoms with Crippen molar-refractivity contribution in [2.45, 2.75) is 13.3 Å². The number of thiazole rings is 2. The van der Waals surface area contributed by atoms with Crippen LogP contribution in [0.2, 0.25) is 0 Å². The predicted molar refractivity (Wildman–Crippen MR) is 95.4 cm³/mol. The molecule has 3 rings (SSSR count). The molecule has 0 atom stereocenters. The van der Waals surface area contributed by atoms with E-state index in [1.54, 1.807) is 19.4 Å². The number of aryl methyl sites for hydroxylation is 1. The van der Waals surface area contributed by atoms with E-state index in [-0.39, 0.29) is 12.3 Å². The van der Waals surface area contributed by atoms with Gasteiger partial charge < -0.3 is 15.4 Å². The van der Waals surface area contributed by atoms with Crippen LogP contribution >= 0.6 is 22.7 Å². The van der Waals surface area contributed by atoms with Gasteiger partial charge in [0.15, 0.2) is 10.3 Å². The smallest absolute Gasteiger partial charge is 0.232 e. The number of ether oxygens (including phenoxy) is 1. The number of methoxy groups -OCH3 is 1. The lowest BCUT2D eigenvalue weighted by atomic mass is 10.3. The van der Waals surface area contributed by atoms with Gasteiger partial charge in [0, 0.05) is 22.5 Å². The van der Waals surface area contributed by atoms with Gasteiger partial charge in [0.05, 0.1) is 19.2 Å². The first-order valence-corrected chi connectivity index (χ1v) is 8.77. The van der Waals surface area contributed by atoms with E-state index in [1.807, 2.05) is 24.4 Å². The highest BCUT2D eigenvalue weighted by molar-refractivity contribution is 7.15. The molecule has 2 N–H and O–H groups in total. The van der Waals surface area contributed by atoms with Crippen molar-refractivity contribution in [2.24, 2.45) is 0 Å². The van der Waals surface area contributed by atoms with Crippen LogP contribution in [-0.2, 0) is 11.2 Å². The zero-order valence-electron chi connectivity index (χ0n) is 13.1. The average molecular weight is 361 g/mol. The van der Waals surface area contributed by atoms with E-state index in [0.29, 0.717) is 27.7 Å². The summed E-state index contributed by atoms with van der Waals surface area (Å²) in [5, 5.41) is 8.98. The largest absolute Gasteiger partial charge is 0.481 e. The summed E-state index contributed by atoms with van der Waals surface area (Å²) in [5.41, 5.74) is 0.691. The molecule has 9 heteroatoms. The summed E-state index contributed by atoms with van der Waals surface area (Å²) >= 11 is 2.86. The van der Waals surface area contributed by atoms with Crippen molar-refractivity contribution in [1.82, 2.24) is 15.0 Å². The first kappa shape index (κ1) is 16.3. The van der Waals surface area contributed by atoms with Gasteiger partial charge >= 0.3 is 0 Å². The molecule has 0 aromatic carbocycles. The van der Waals surface area contributed by atoms with E-state index >= 15 is 0 Å². The van der Waals surface area contributed by atoms with Gasteiger partial charge in [-0.25, -0.2) is 9.97 Å². The highest BCUT2D eigenvalue weighted by atomic mass is 32.1. The summed E-state index contributed by atoms with van der Waals surface area (Å²) in [6.45, 7) is 1.94. The average Bonchev–Trinajstić information content (AvgIpc) is 3.16. The Morgan fingerprint density at radius 1 is 1.29 bits per heavy atom. The molecule has 3 aromatic heterocycles. The SMILES string of the molecule is COc1cccc(Nc2nc(CC(=O)Nc3ncc(C)s3)cs2)n1. The summed E-state index contributed by atoms with van der Waals surface area (Å²) in [6, 6.07) is 5.43. The maximum Gasteiger partial charge on any atom is 0.232 e. The third kappa shape index (κ3) is 4.27. The number of carbonyl (C=O) groups excluding carboxylic acids is 1. The summed E-state index contributed by atoms with van der Waals surface area (Å²) in [6.07, 6.45) is 1.93. The molecule has 0 aliphatic heterocycles. The molecule has 0 unspecified atom stereocenters. The van der Waals surface area contributed by atoms with Gasteiger partial charge in [0.25, 0.3) is 0 Å². The Kier molecular flexibility index (Phi) is 5.02. The second-order valence-electron chi connectivity index (χ2n) is 4.84. The van der Waals surface area contributed by atoms with Gasteiger partial charge in [0.2, 0.25) is 11.8 Å². The maximum absolute atomic E-state index is 12.0. The van der Waals surface area contributed by atoms with Crippen LogP contribution in [0.4, 0.5) is 16.1 Å². The molecular weight excluding hydrogens is 346 g/mol. The van der Waals surface area contributed by atoms with E-state index in [9.17, 15) is 4.79 Å². The highest BCUT2D eigenvalue weighted by Crippen LogP contribution is 2.22. The molecular formula is C15H15N5O2S2. The molecule has 3 heterocycles. The quantitative estimate of drug-likeness (QED) is 0.701. The maximum atomic E-state index is 12.0. The molecule has 0 spiro atoms. The van der Waals surface area contributed by atoms with Crippen molar-refractivity contribution in [2.75, 3.05) is 17.7 Å². The van der Waals surface area contributed by atoms with Crippen LogP contribution < -0.4 is 15.4 Å². The fourth-order valence-corrected chi connectivity index (χ4v) is 3.29. The van der Waals surface area contributed by atoms with E-state index in [0.717, 1.165) is 4.88 Å². The second-order valence-corrected chi connectivity index (χ2v) is 6.93. The lowest BCUT2D eigenvalue weighted by molar-refractivity contribution is -0.115. The normalized spacial score (nSPS) is 10.4. The van der Waals surface area contributed by atoms with Gasteiger partial charge in [0.1, 0.15) is 5.82 Å². The summed E-state index contributed by atoms with van der Waals surface area (Å²) in [5.74, 6) is 1.02. The summed E-state index contributed by atoms with van der Waals surface area (Å²) < 4.78 is 5.08. The Balaban J connectivity index is 1.59. The minimum absolute atomic E-state index is 0.138. The number of pyridine rings is 1. The number of hydrogen-bond donors (Lipinski definition) is 2. The second kappa shape index (κ2) is 7.37. The monoisotopic (exact) mass is 361 g/mol. The highest BCUT2D eigenvalue weighted by Gasteiger charge is 2.10. The molecule has 0 aliphatic carbocycles. The zero-order chi connectivity index (χ0) is 16.9. The van der Waals surface area contributed by atoms with Crippen molar-refractivity contribution in [3.63, 3.8) is 0 Å². The van der Waals surface area contributed by atoms with Crippen molar-refractivity contribution in [1.29, 1.82) is 0 Å². The van der Waals surface area contributed by atoms with E-state index in [2.05, 4.69) is 25.6 Å². The van der Waals surface area contributed by atoms with Crippen molar-refractivity contribution in [3.8, 4) is 5.88 Å². The van der Waals surface area contributed by atoms with Crippen molar-refractivity contribution >= 4 is 44.7 Å². The van der Waals surface area contributed by atoms with Crippen LogP contribution in [0.3, 0.4) is 0 Å². The number of hydrogen-bond acceptors (Lipinski definition) is 8. The third-order valence-corrected chi connectivity index (χ3v) is 4.56. The molecule has 124 valence electrons. The van der Waals surface area contributed by atoms with Crippen LogP contribution in [0.15, 0.2) is 29.8 Å². The van der Waals surface area contributed by atoms with Crippen LogP contribution in [0.25, 0.3) is 0 Å². The van der Waals surface area contributed by atoms with Gasteiger partial charge in [-0.2, -0.15) is 4.98 Å². The first-order valence-electron chi connectivity index (χ1n) is 7.07. The van der Waals surface area contributed by atoms with Crippen molar-refractivity contribution < 1.29 is 9.53 Å². The number of aromatic nitrogens is 3. The van der Waals surface area contributed by atoms with E-state index in [1.165, 1.54) is 22.7 Å². The number of rotatable bonds is 6. The topological polar surface area (TPSA) is 89.0 Å². The minimum atomic E-state index is -0.138. The van der Waals surface area contributed by atoms with Crippen molar-refractivity contribution in [3.05, 3.63) is 40.3 Å². The van der Waals surface area contributed by atoms with Crippen LogP contribution in [0.1, 0.15) is 10.6 Å². The summed E-state index contributed by atoms with van der Waals surface area (Å²) in [4.78, 5) is 25.8. The number of amides is 1. The Bertz CT molecular complexity index is 846. The Morgan fingerprint density at radius 2 is 2.17 bits per heavy atom. The van der Waals surface area contributed by atoms with Gasteiger partial charge in [-0.15, -0.1) is 22.7 Å². The third-order valence-electron chi connectivity index (χ3n) is 2.93. The van der Waals surface area contributed by atoms with Gasteiger partial charge in [-0.1, -0.05) is 6.07 Å². The molecule has 24 heavy (non-hydrogen) atoms. The standard InChI is InChI=1S/C15H15N5O2S2/c1-9-7-16-14(24-9)20-12(21)6-10-8-23-15(17-10)19-11-4-3-5-13(18-11)22-2/h3-5,7-8H,6H2,1-2H3,(H,16,20,21)(H,17,18,19). The lowest BCUT2D eigenvalue weighted by Gasteiger charge is -2.03. The predicted octanol–water partition coefficient (Wildman–Crippen LogP) is 3.24. The molecule has 0 saturated carbocycles. The zero-order valence-corrected chi connectivity index (χ0v) is 14.7. The molecule has 0 fully saturated rings. The Labute approximate surface area is 146 Å². The van der Waals surface area contributed by atoms with E-state index in [4.69, 9.17) is 4.74 Å². The molecule has 0 aliphatic rings. The van der Waals surface area contributed by atoms with Crippen LogP contribution in [-0.4, -0.2) is 28.0 Å². The van der Waals surface area contributed by atoms with Crippen LogP contribution in [0, 0.1) is 6.92 Å². The molecule has 0 saturated heterocycles. The van der Waals surface area contributed by atoms with Gasteiger partial charge in [-0.3, -0.25) is 4.79 Å². The molecule has 3 aromatic rings. The Morgan fingerprint density at radius 3 is 2.92 bits per heavy atom. The lowest BCUT2D eigenvalue weighted by Crippen LogP contribution is -2.14. The summed E-state index contributed by atoms with van der Waals surface area (Å²) in [7, 11) is 1.57.